The number of aliphatic imine (C=N–C) groups is 1. The first-order valence-electron chi connectivity index (χ1n) is 7.53. The van der Waals surface area contributed by atoms with Gasteiger partial charge in [0.15, 0.2) is 0 Å². The van der Waals surface area contributed by atoms with Gasteiger partial charge in [-0.15, -0.1) is 11.3 Å². The van der Waals surface area contributed by atoms with E-state index in [1.807, 2.05) is 31.2 Å². The van der Waals surface area contributed by atoms with Gasteiger partial charge < -0.3 is 10.2 Å². The van der Waals surface area contributed by atoms with Crippen molar-refractivity contribution in [2.75, 3.05) is 0 Å². The number of thiophene rings is 1. The van der Waals surface area contributed by atoms with Crippen LogP contribution in [-0.2, 0) is 9.59 Å². The van der Waals surface area contributed by atoms with E-state index in [1.165, 1.54) is 0 Å². The summed E-state index contributed by atoms with van der Waals surface area (Å²) in [5.41, 5.74) is 1.66. The lowest BCUT2D eigenvalue weighted by Gasteiger charge is -2.30. The van der Waals surface area contributed by atoms with Gasteiger partial charge in [0, 0.05) is 26.9 Å². The number of allylic oxidation sites excluding steroid dienone is 1. The highest BCUT2D eigenvalue weighted by Crippen LogP contribution is 2.45. The molecule has 0 amide bonds. The molecule has 124 valence electrons. The van der Waals surface area contributed by atoms with Crippen molar-refractivity contribution < 1.29 is 19.8 Å². The van der Waals surface area contributed by atoms with Crippen LogP contribution < -0.4 is 0 Å². The van der Waals surface area contributed by atoms with Crippen molar-refractivity contribution in [2.24, 2.45) is 10.9 Å². The van der Waals surface area contributed by atoms with E-state index in [4.69, 9.17) is 0 Å². The molecule has 0 fully saturated rings. The standard InChI is InChI=1S/C18H17NO4S/c1-8-13(17(20)21)16(14(18(22)23)9(2)19-8)15-10(3)24-12-7-5-4-6-11(12)15/h4-7,13,16H,1-3H3,(H,20,21)(H,22,23). The van der Waals surface area contributed by atoms with Gasteiger partial charge in [0.2, 0.25) is 0 Å². The van der Waals surface area contributed by atoms with Gasteiger partial charge in [-0.3, -0.25) is 9.79 Å². The number of nitrogens with zero attached hydrogens (tertiary/aromatic N) is 1. The lowest BCUT2D eigenvalue weighted by Crippen LogP contribution is -2.35. The molecule has 1 aromatic heterocycles. The van der Waals surface area contributed by atoms with Crippen LogP contribution in [0, 0.1) is 12.8 Å². The zero-order valence-electron chi connectivity index (χ0n) is 13.5. The van der Waals surface area contributed by atoms with Crippen LogP contribution in [0.25, 0.3) is 10.1 Å². The second-order valence-corrected chi connectivity index (χ2v) is 7.18. The zero-order chi connectivity index (χ0) is 17.6. The average molecular weight is 343 g/mol. The molecule has 1 aromatic carbocycles. The molecule has 0 spiro atoms. The summed E-state index contributed by atoms with van der Waals surface area (Å²) >= 11 is 1.55. The van der Waals surface area contributed by atoms with Crippen molar-refractivity contribution in [1.29, 1.82) is 0 Å². The molecule has 0 saturated carbocycles. The molecule has 5 nitrogen and oxygen atoms in total. The number of carbonyl (C=O) groups is 2. The first-order valence-corrected chi connectivity index (χ1v) is 8.34. The zero-order valence-corrected chi connectivity index (χ0v) is 14.3. The number of aliphatic carboxylic acids is 2. The smallest absolute Gasteiger partial charge is 0.334 e. The van der Waals surface area contributed by atoms with Crippen molar-refractivity contribution in [2.45, 2.75) is 26.7 Å². The number of fused-ring (bicyclic) bond motifs is 1. The van der Waals surface area contributed by atoms with Crippen LogP contribution >= 0.6 is 11.3 Å². The minimum Gasteiger partial charge on any atom is -0.481 e. The predicted molar refractivity (Wildman–Crippen MR) is 93.9 cm³/mol. The molecule has 0 radical (unpaired) electrons. The van der Waals surface area contributed by atoms with E-state index >= 15 is 0 Å². The molecule has 24 heavy (non-hydrogen) atoms. The molecule has 1 aliphatic heterocycles. The maximum Gasteiger partial charge on any atom is 0.334 e. The summed E-state index contributed by atoms with van der Waals surface area (Å²) < 4.78 is 1.02. The Morgan fingerprint density at radius 3 is 2.42 bits per heavy atom. The normalized spacial score (nSPS) is 21.0. The van der Waals surface area contributed by atoms with Crippen molar-refractivity contribution in [3.63, 3.8) is 0 Å². The monoisotopic (exact) mass is 343 g/mol. The molecule has 0 bridgehead atoms. The molecular formula is C18H17NO4S. The average Bonchev–Trinajstić information content (AvgIpc) is 2.80. The highest BCUT2D eigenvalue weighted by molar-refractivity contribution is 7.19. The van der Waals surface area contributed by atoms with Crippen LogP contribution in [0.3, 0.4) is 0 Å². The largest absolute Gasteiger partial charge is 0.481 e. The van der Waals surface area contributed by atoms with E-state index in [2.05, 4.69) is 4.99 Å². The number of carboxylic acids is 2. The fraction of sp³-hybridized carbons (Fsp3) is 0.278. The van der Waals surface area contributed by atoms with Crippen LogP contribution in [0.1, 0.15) is 30.2 Å². The molecule has 2 aromatic rings. The molecular weight excluding hydrogens is 326 g/mol. The number of carboxylic acid groups (broad SMARTS) is 2. The summed E-state index contributed by atoms with van der Waals surface area (Å²) in [7, 11) is 0. The van der Waals surface area contributed by atoms with Crippen LogP contribution in [0.15, 0.2) is 40.5 Å². The van der Waals surface area contributed by atoms with Crippen LogP contribution in [0.2, 0.25) is 0 Å². The first-order chi connectivity index (χ1) is 11.3. The Labute approximate surface area is 143 Å². The summed E-state index contributed by atoms with van der Waals surface area (Å²) in [6.45, 7) is 5.19. The molecule has 2 atom stereocenters. The number of hydrogen-bond acceptors (Lipinski definition) is 4. The van der Waals surface area contributed by atoms with E-state index in [1.54, 1.807) is 25.2 Å². The highest BCUT2D eigenvalue weighted by atomic mass is 32.1. The van der Waals surface area contributed by atoms with Gasteiger partial charge in [-0.1, -0.05) is 18.2 Å². The Balaban J connectivity index is 2.35. The molecule has 2 unspecified atom stereocenters. The van der Waals surface area contributed by atoms with E-state index < -0.39 is 23.8 Å². The quantitative estimate of drug-likeness (QED) is 0.887. The summed E-state index contributed by atoms with van der Waals surface area (Å²) in [6, 6.07) is 7.69. The highest BCUT2D eigenvalue weighted by Gasteiger charge is 2.42. The van der Waals surface area contributed by atoms with E-state index in [-0.39, 0.29) is 5.57 Å². The number of benzene rings is 1. The minimum absolute atomic E-state index is 0.0691. The van der Waals surface area contributed by atoms with Crippen molar-refractivity contribution in [3.05, 3.63) is 46.0 Å². The molecule has 0 aliphatic carbocycles. The molecule has 2 heterocycles. The third-order valence-corrected chi connectivity index (χ3v) is 5.56. The van der Waals surface area contributed by atoms with Crippen molar-refractivity contribution in [1.82, 2.24) is 0 Å². The molecule has 1 aliphatic rings. The molecule has 2 N–H and O–H groups in total. The van der Waals surface area contributed by atoms with Gasteiger partial charge in [0.1, 0.15) is 5.92 Å². The van der Waals surface area contributed by atoms with Crippen molar-refractivity contribution in [3.8, 4) is 0 Å². The van der Waals surface area contributed by atoms with E-state index in [0.717, 1.165) is 20.5 Å². The second-order valence-electron chi connectivity index (χ2n) is 5.92. The Bertz CT molecular complexity index is 922. The summed E-state index contributed by atoms with van der Waals surface area (Å²) in [6.07, 6.45) is 0. The van der Waals surface area contributed by atoms with Crippen LogP contribution in [0.4, 0.5) is 0 Å². The fourth-order valence-electron chi connectivity index (χ4n) is 3.52. The summed E-state index contributed by atoms with van der Waals surface area (Å²) in [5.74, 6) is -3.89. The Kier molecular flexibility index (Phi) is 4.01. The third-order valence-electron chi connectivity index (χ3n) is 4.46. The van der Waals surface area contributed by atoms with E-state index in [9.17, 15) is 19.8 Å². The Morgan fingerprint density at radius 1 is 1.12 bits per heavy atom. The number of aryl methyl sites for hydroxylation is 1. The summed E-state index contributed by atoms with van der Waals surface area (Å²) in [5, 5.41) is 20.4. The van der Waals surface area contributed by atoms with Gasteiger partial charge in [0.05, 0.1) is 5.57 Å². The van der Waals surface area contributed by atoms with Crippen LogP contribution in [-0.4, -0.2) is 27.9 Å². The van der Waals surface area contributed by atoms with Crippen molar-refractivity contribution >= 4 is 39.1 Å². The number of rotatable bonds is 3. The fourth-order valence-corrected chi connectivity index (χ4v) is 4.63. The molecule has 3 rings (SSSR count). The third kappa shape index (κ3) is 2.43. The lowest BCUT2D eigenvalue weighted by atomic mass is 9.75. The van der Waals surface area contributed by atoms with Gasteiger partial charge in [-0.25, -0.2) is 4.79 Å². The van der Waals surface area contributed by atoms with Gasteiger partial charge in [-0.2, -0.15) is 0 Å². The van der Waals surface area contributed by atoms with Crippen LogP contribution in [0.5, 0.6) is 0 Å². The van der Waals surface area contributed by atoms with Gasteiger partial charge >= 0.3 is 11.9 Å². The topological polar surface area (TPSA) is 87.0 Å². The Hall–Kier alpha value is -2.47. The lowest BCUT2D eigenvalue weighted by molar-refractivity contribution is -0.140. The van der Waals surface area contributed by atoms with E-state index in [0.29, 0.717) is 11.4 Å². The summed E-state index contributed by atoms with van der Waals surface area (Å²) in [4.78, 5) is 28.9. The SMILES string of the molecule is CC1=NC(C)=C(C(=O)O)C(c2c(C)sc3ccccc23)C1C(=O)O. The van der Waals surface area contributed by atoms with Gasteiger partial charge in [-0.05, 0) is 37.8 Å². The molecule has 6 heteroatoms. The molecule has 0 saturated heterocycles. The minimum atomic E-state index is -1.12. The van der Waals surface area contributed by atoms with Gasteiger partial charge in [0.25, 0.3) is 0 Å². The first kappa shape index (κ1) is 16.4. The Morgan fingerprint density at radius 2 is 1.79 bits per heavy atom. The number of hydrogen-bond donors (Lipinski definition) is 2. The maximum absolute atomic E-state index is 11.9. The predicted octanol–water partition coefficient (Wildman–Crippen LogP) is 3.83. The second kappa shape index (κ2) is 5.87. The maximum atomic E-state index is 11.9.